The van der Waals surface area contributed by atoms with Gasteiger partial charge in [0, 0.05) is 25.0 Å². The van der Waals surface area contributed by atoms with Crippen LogP contribution in [0.3, 0.4) is 0 Å². The maximum absolute atomic E-state index is 11.9. The zero-order valence-corrected chi connectivity index (χ0v) is 12.8. The SMILES string of the molecule is CN(C)C(=O)COC(=O)Cc1coc2cc3c(cc12)CCC3. The molecule has 0 bridgehead atoms. The highest BCUT2D eigenvalue weighted by molar-refractivity contribution is 5.88. The molecule has 1 amide bonds. The van der Waals surface area contributed by atoms with E-state index in [1.807, 2.05) is 0 Å². The average Bonchev–Trinajstić information content (AvgIpc) is 3.09. The summed E-state index contributed by atoms with van der Waals surface area (Å²) < 4.78 is 10.6. The van der Waals surface area contributed by atoms with Gasteiger partial charge in [0.2, 0.25) is 0 Å². The third kappa shape index (κ3) is 2.84. The molecule has 1 heterocycles. The van der Waals surface area contributed by atoms with E-state index >= 15 is 0 Å². The third-order valence-electron chi connectivity index (χ3n) is 4.06. The molecule has 0 N–H and O–H groups in total. The first kappa shape index (κ1) is 14.6. The van der Waals surface area contributed by atoms with Gasteiger partial charge in [-0.1, -0.05) is 0 Å². The molecule has 0 spiro atoms. The first-order valence-electron chi connectivity index (χ1n) is 7.42. The number of carbonyl (C=O) groups is 2. The highest BCUT2D eigenvalue weighted by atomic mass is 16.5. The monoisotopic (exact) mass is 301 g/mol. The number of nitrogens with zero attached hydrogens (tertiary/aromatic N) is 1. The Balaban J connectivity index is 1.71. The number of aryl methyl sites for hydroxylation is 2. The van der Waals surface area contributed by atoms with E-state index in [2.05, 4.69) is 12.1 Å². The molecule has 3 rings (SSSR count). The summed E-state index contributed by atoms with van der Waals surface area (Å²) in [6.07, 6.45) is 5.07. The van der Waals surface area contributed by atoms with E-state index in [9.17, 15) is 9.59 Å². The van der Waals surface area contributed by atoms with Crippen molar-refractivity contribution in [3.05, 3.63) is 35.1 Å². The number of rotatable bonds is 4. The number of hydrogen-bond donors (Lipinski definition) is 0. The lowest BCUT2D eigenvalue weighted by atomic mass is 10.0. The maximum atomic E-state index is 11.9. The number of furan rings is 1. The van der Waals surface area contributed by atoms with Crippen LogP contribution in [-0.2, 0) is 33.6 Å². The van der Waals surface area contributed by atoms with Gasteiger partial charge >= 0.3 is 5.97 Å². The Labute approximate surface area is 128 Å². The number of hydrogen-bond acceptors (Lipinski definition) is 4. The molecule has 0 fully saturated rings. The fourth-order valence-electron chi connectivity index (χ4n) is 2.76. The Kier molecular flexibility index (Phi) is 3.88. The van der Waals surface area contributed by atoms with Crippen LogP contribution in [0.5, 0.6) is 0 Å². The minimum absolute atomic E-state index is 0.118. The van der Waals surface area contributed by atoms with Crippen LogP contribution in [0.2, 0.25) is 0 Å². The van der Waals surface area contributed by atoms with E-state index in [0.29, 0.717) is 0 Å². The molecule has 0 aliphatic heterocycles. The first-order valence-corrected chi connectivity index (χ1v) is 7.42. The van der Waals surface area contributed by atoms with Crippen LogP contribution in [-0.4, -0.2) is 37.5 Å². The predicted octanol–water partition coefficient (Wildman–Crippen LogP) is 2.10. The summed E-state index contributed by atoms with van der Waals surface area (Å²) in [7, 11) is 3.25. The number of benzene rings is 1. The molecule has 5 nitrogen and oxygen atoms in total. The second-order valence-corrected chi connectivity index (χ2v) is 5.86. The zero-order valence-electron chi connectivity index (χ0n) is 12.8. The van der Waals surface area contributed by atoms with E-state index in [0.717, 1.165) is 29.4 Å². The fraction of sp³-hybridized carbons (Fsp3) is 0.412. The standard InChI is InChI=1S/C17H19NO4/c1-18(2)16(19)10-22-17(20)8-13-9-21-15-7-12-5-3-4-11(12)6-14(13)15/h6-7,9H,3-5,8,10H2,1-2H3. The van der Waals surface area contributed by atoms with E-state index in [-0.39, 0.29) is 18.9 Å². The molecule has 0 saturated heterocycles. The summed E-state index contributed by atoms with van der Waals surface area (Å²) in [5, 5.41) is 0.969. The maximum Gasteiger partial charge on any atom is 0.310 e. The van der Waals surface area contributed by atoms with Gasteiger partial charge in [-0.3, -0.25) is 9.59 Å². The number of esters is 1. The molecule has 0 unspecified atom stereocenters. The first-order chi connectivity index (χ1) is 10.5. The van der Waals surface area contributed by atoms with Crippen LogP contribution < -0.4 is 0 Å². The Hall–Kier alpha value is -2.30. The van der Waals surface area contributed by atoms with E-state index in [1.165, 1.54) is 22.4 Å². The molecular weight excluding hydrogens is 282 g/mol. The smallest absolute Gasteiger partial charge is 0.310 e. The van der Waals surface area contributed by atoms with Gasteiger partial charge < -0.3 is 14.1 Å². The van der Waals surface area contributed by atoms with E-state index < -0.39 is 5.97 Å². The molecule has 0 saturated carbocycles. The van der Waals surface area contributed by atoms with Crippen molar-refractivity contribution in [2.75, 3.05) is 20.7 Å². The Morgan fingerprint density at radius 1 is 1.23 bits per heavy atom. The number of amides is 1. The van der Waals surface area contributed by atoms with Gasteiger partial charge in [0.1, 0.15) is 5.58 Å². The molecule has 116 valence electrons. The molecule has 1 aromatic heterocycles. The predicted molar refractivity (Wildman–Crippen MR) is 81.6 cm³/mol. The van der Waals surface area contributed by atoms with Crippen molar-refractivity contribution in [1.82, 2.24) is 4.90 Å². The zero-order chi connectivity index (χ0) is 15.7. The van der Waals surface area contributed by atoms with Gasteiger partial charge in [-0.15, -0.1) is 0 Å². The van der Waals surface area contributed by atoms with Crippen molar-refractivity contribution in [1.29, 1.82) is 0 Å². The summed E-state index contributed by atoms with van der Waals surface area (Å²) in [5.74, 6) is -0.651. The average molecular weight is 301 g/mol. The van der Waals surface area contributed by atoms with Crippen LogP contribution >= 0.6 is 0 Å². The van der Waals surface area contributed by atoms with E-state index in [1.54, 1.807) is 20.4 Å². The quantitative estimate of drug-likeness (QED) is 0.811. The minimum Gasteiger partial charge on any atom is -0.464 e. The Morgan fingerprint density at radius 3 is 2.68 bits per heavy atom. The molecule has 0 atom stereocenters. The highest BCUT2D eigenvalue weighted by Crippen LogP contribution is 2.30. The van der Waals surface area contributed by atoms with Crippen molar-refractivity contribution in [3.63, 3.8) is 0 Å². The molecule has 1 aliphatic carbocycles. The van der Waals surface area contributed by atoms with Crippen molar-refractivity contribution in [2.45, 2.75) is 25.7 Å². The van der Waals surface area contributed by atoms with Crippen LogP contribution in [0, 0.1) is 0 Å². The van der Waals surface area contributed by atoms with Gasteiger partial charge in [0.05, 0.1) is 12.7 Å². The van der Waals surface area contributed by atoms with Crippen molar-refractivity contribution >= 4 is 22.8 Å². The normalized spacial score (nSPS) is 13.2. The summed E-state index contributed by atoms with van der Waals surface area (Å²) in [5.41, 5.74) is 4.30. The summed E-state index contributed by atoms with van der Waals surface area (Å²) >= 11 is 0. The van der Waals surface area contributed by atoms with Crippen LogP contribution in [0.25, 0.3) is 11.0 Å². The molecule has 1 aromatic carbocycles. The van der Waals surface area contributed by atoms with Crippen LogP contribution in [0.1, 0.15) is 23.1 Å². The Bertz CT molecular complexity index is 730. The summed E-state index contributed by atoms with van der Waals surface area (Å²) in [4.78, 5) is 24.7. The number of fused-ring (bicyclic) bond motifs is 2. The second-order valence-electron chi connectivity index (χ2n) is 5.86. The molecular formula is C17H19NO4. The van der Waals surface area contributed by atoms with Crippen LogP contribution in [0.15, 0.2) is 22.8 Å². The van der Waals surface area contributed by atoms with Crippen LogP contribution in [0.4, 0.5) is 0 Å². The summed E-state index contributed by atoms with van der Waals surface area (Å²) in [6, 6.07) is 4.19. The summed E-state index contributed by atoms with van der Waals surface area (Å²) in [6.45, 7) is -0.225. The van der Waals surface area contributed by atoms with Crippen molar-refractivity contribution in [2.24, 2.45) is 0 Å². The minimum atomic E-state index is -0.418. The van der Waals surface area contributed by atoms with Crippen molar-refractivity contribution in [3.8, 4) is 0 Å². The molecule has 22 heavy (non-hydrogen) atoms. The Morgan fingerprint density at radius 2 is 1.95 bits per heavy atom. The van der Waals surface area contributed by atoms with Gasteiger partial charge in [0.25, 0.3) is 5.91 Å². The van der Waals surface area contributed by atoms with Gasteiger partial charge in [0.15, 0.2) is 6.61 Å². The largest absolute Gasteiger partial charge is 0.464 e. The molecule has 5 heteroatoms. The highest BCUT2D eigenvalue weighted by Gasteiger charge is 2.17. The lowest BCUT2D eigenvalue weighted by Gasteiger charge is -2.10. The molecule has 2 aromatic rings. The molecule has 1 aliphatic rings. The van der Waals surface area contributed by atoms with Crippen molar-refractivity contribution < 1.29 is 18.7 Å². The topological polar surface area (TPSA) is 59.8 Å². The lowest BCUT2D eigenvalue weighted by Crippen LogP contribution is -2.27. The number of ether oxygens (including phenoxy) is 1. The van der Waals surface area contributed by atoms with Gasteiger partial charge in [-0.25, -0.2) is 0 Å². The number of carbonyl (C=O) groups excluding carboxylic acids is 2. The number of likely N-dealkylation sites (N-methyl/N-ethyl adjacent to an activating group) is 1. The van der Waals surface area contributed by atoms with E-state index in [4.69, 9.17) is 9.15 Å². The molecule has 0 radical (unpaired) electrons. The van der Waals surface area contributed by atoms with Gasteiger partial charge in [-0.05, 0) is 42.5 Å². The fourth-order valence-corrected chi connectivity index (χ4v) is 2.76. The third-order valence-corrected chi connectivity index (χ3v) is 4.06. The lowest BCUT2D eigenvalue weighted by molar-refractivity contribution is -0.150. The second kappa shape index (κ2) is 5.83. The van der Waals surface area contributed by atoms with Gasteiger partial charge in [-0.2, -0.15) is 0 Å².